The number of hydrogen-bond donors (Lipinski definition) is 0. The highest BCUT2D eigenvalue weighted by molar-refractivity contribution is 9.08. The molecule has 0 bridgehead atoms. The average molecular weight is 323 g/mol. The first-order valence-corrected chi connectivity index (χ1v) is 7.33. The predicted molar refractivity (Wildman–Crippen MR) is 80.7 cm³/mol. The summed E-state index contributed by atoms with van der Waals surface area (Å²) in [4.78, 5) is 6.36. The Balaban J connectivity index is 2.46. The number of halogens is 2. The molecule has 0 aliphatic heterocycles. The third-order valence-corrected chi connectivity index (χ3v) is 3.62. The molecule has 0 aliphatic rings. The normalized spacial score (nSPS) is 10.5. The molecule has 0 atom stereocenters. The molecular formula is C15H16BrFN2. The van der Waals surface area contributed by atoms with Crippen molar-refractivity contribution < 1.29 is 4.39 Å². The van der Waals surface area contributed by atoms with Gasteiger partial charge in [0, 0.05) is 18.1 Å². The molecule has 2 aromatic rings. The Morgan fingerprint density at radius 3 is 2.63 bits per heavy atom. The fraction of sp³-hybridized carbons (Fsp3) is 0.267. The van der Waals surface area contributed by atoms with E-state index < -0.39 is 0 Å². The molecule has 0 saturated heterocycles. The quantitative estimate of drug-likeness (QED) is 0.766. The topological polar surface area (TPSA) is 16.1 Å². The van der Waals surface area contributed by atoms with E-state index >= 15 is 0 Å². The second kappa shape index (κ2) is 6.15. The Bertz CT molecular complexity index is 572. The molecule has 0 amide bonds. The van der Waals surface area contributed by atoms with Crippen LogP contribution >= 0.6 is 15.9 Å². The van der Waals surface area contributed by atoms with Gasteiger partial charge in [-0.1, -0.05) is 34.1 Å². The molecule has 100 valence electrons. The first-order chi connectivity index (χ1) is 9.17. The summed E-state index contributed by atoms with van der Waals surface area (Å²) < 4.78 is 13.9. The number of anilines is 2. The van der Waals surface area contributed by atoms with Gasteiger partial charge in [0.2, 0.25) is 0 Å². The summed E-state index contributed by atoms with van der Waals surface area (Å²) in [6.07, 6.45) is 1.82. The lowest BCUT2D eigenvalue weighted by Gasteiger charge is -2.24. The molecule has 1 heterocycles. The van der Waals surface area contributed by atoms with Crippen molar-refractivity contribution >= 4 is 27.4 Å². The van der Waals surface area contributed by atoms with Crippen LogP contribution in [-0.4, -0.2) is 11.5 Å². The van der Waals surface area contributed by atoms with Crippen molar-refractivity contribution in [3.05, 3.63) is 53.5 Å². The van der Waals surface area contributed by atoms with Crippen LogP contribution < -0.4 is 4.90 Å². The molecule has 0 radical (unpaired) electrons. The number of aryl methyl sites for hydroxylation is 1. The number of aromatic nitrogens is 1. The number of pyridine rings is 1. The summed E-state index contributed by atoms with van der Waals surface area (Å²) in [6, 6.07) is 8.85. The van der Waals surface area contributed by atoms with Crippen LogP contribution in [0.1, 0.15) is 18.1 Å². The first-order valence-electron chi connectivity index (χ1n) is 6.21. The summed E-state index contributed by atoms with van der Waals surface area (Å²) in [5, 5.41) is 0.771. The Morgan fingerprint density at radius 2 is 2.05 bits per heavy atom. The van der Waals surface area contributed by atoms with Gasteiger partial charge < -0.3 is 4.90 Å². The van der Waals surface area contributed by atoms with Crippen molar-refractivity contribution in [2.45, 2.75) is 19.2 Å². The zero-order valence-corrected chi connectivity index (χ0v) is 12.6. The molecule has 1 aromatic heterocycles. The van der Waals surface area contributed by atoms with Gasteiger partial charge >= 0.3 is 0 Å². The molecule has 4 heteroatoms. The molecule has 0 unspecified atom stereocenters. The van der Waals surface area contributed by atoms with Gasteiger partial charge in [-0.15, -0.1) is 0 Å². The minimum absolute atomic E-state index is 0.227. The van der Waals surface area contributed by atoms with E-state index in [1.54, 1.807) is 12.1 Å². The standard InChI is InChI=1S/C15H16BrFN2/c1-3-19(14-7-5-4-6-13(14)17)15-11(2)8-12(9-16)10-18-15/h4-8,10H,3,9H2,1-2H3. The van der Waals surface area contributed by atoms with E-state index in [-0.39, 0.29) is 5.82 Å². The molecule has 2 rings (SSSR count). The van der Waals surface area contributed by atoms with E-state index in [0.29, 0.717) is 12.2 Å². The van der Waals surface area contributed by atoms with Crippen molar-refractivity contribution in [1.29, 1.82) is 0 Å². The van der Waals surface area contributed by atoms with Gasteiger partial charge in [0.15, 0.2) is 0 Å². The van der Waals surface area contributed by atoms with Crippen molar-refractivity contribution in [3.8, 4) is 0 Å². The number of alkyl halides is 1. The lowest BCUT2D eigenvalue weighted by Crippen LogP contribution is -2.19. The highest BCUT2D eigenvalue weighted by atomic mass is 79.9. The van der Waals surface area contributed by atoms with Crippen molar-refractivity contribution in [1.82, 2.24) is 4.98 Å². The lowest BCUT2D eigenvalue weighted by atomic mass is 10.2. The molecule has 1 aromatic carbocycles. The summed E-state index contributed by atoms with van der Waals surface area (Å²) in [7, 11) is 0. The van der Waals surface area contributed by atoms with E-state index in [9.17, 15) is 4.39 Å². The van der Waals surface area contributed by atoms with E-state index in [2.05, 4.69) is 27.0 Å². The Morgan fingerprint density at radius 1 is 1.32 bits per heavy atom. The van der Waals surface area contributed by atoms with Crippen LogP contribution in [-0.2, 0) is 5.33 Å². The fourth-order valence-corrected chi connectivity index (χ4v) is 2.39. The highest BCUT2D eigenvalue weighted by Crippen LogP contribution is 2.28. The van der Waals surface area contributed by atoms with Crippen LogP contribution in [0.4, 0.5) is 15.9 Å². The van der Waals surface area contributed by atoms with Gasteiger partial charge in [0.05, 0.1) is 5.69 Å². The van der Waals surface area contributed by atoms with Crippen LogP contribution in [0.3, 0.4) is 0 Å². The minimum Gasteiger partial charge on any atom is -0.324 e. The Hall–Kier alpha value is -1.42. The molecule has 0 aliphatic carbocycles. The van der Waals surface area contributed by atoms with Crippen molar-refractivity contribution in [2.75, 3.05) is 11.4 Å². The third-order valence-electron chi connectivity index (χ3n) is 2.98. The predicted octanol–water partition coefficient (Wildman–Crippen LogP) is 4.58. The molecule has 0 fully saturated rings. The number of rotatable bonds is 4. The Kier molecular flexibility index (Phi) is 4.53. The molecule has 0 saturated carbocycles. The zero-order chi connectivity index (χ0) is 13.8. The maximum atomic E-state index is 13.9. The van der Waals surface area contributed by atoms with E-state index in [4.69, 9.17) is 0 Å². The maximum absolute atomic E-state index is 13.9. The molecular weight excluding hydrogens is 307 g/mol. The molecule has 0 spiro atoms. The molecule has 0 N–H and O–H groups in total. The second-order valence-corrected chi connectivity index (χ2v) is 4.87. The summed E-state index contributed by atoms with van der Waals surface area (Å²) in [5.74, 6) is 0.576. The van der Waals surface area contributed by atoms with Gasteiger partial charge in [-0.05, 0) is 37.1 Å². The number of hydrogen-bond acceptors (Lipinski definition) is 2. The largest absolute Gasteiger partial charge is 0.324 e. The monoisotopic (exact) mass is 322 g/mol. The molecule has 2 nitrogen and oxygen atoms in total. The second-order valence-electron chi connectivity index (χ2n) is 4.31. The van der Waals surface area contributed by atoms with Gasteiger partial charge in [-0.3, -0.25) is 0 Å². The summed E-state index contributed by atoms with van der Waals surface area (Å²) in [6.45, 7) is 4.66. The van der Waals surface area contributed by atoms with Crippen LogP contribution in [0.5, 0.6) is 0 Å². The van der Waals surface area contributed by atoms with Crippen LogP contribution in [0.15, 0.2) is 36.5 Å². The Labute approximate surface area is 121 Å². The molecule has 19 heavy (non-hydrogen) atoms. The van der Waals surface area contributed by atoms with Crippen molar-refractivity contribution in [2.24, 2.45) is 0 Å². The van der Waals surface area contributed by atoms with Crippen LogP contribution in [0.25, 0.3) is 0 Å². The van der Waals surface area contributed by atoms with Gasteiger partial charge in [-0.25, -0.2) is 9.37 Å². The fourth-order valence-electron chi connectivity index (χ4n) is 2.09. The number of benzene rings is 1. The SMILES string of the molecule is CCN(c1ccccc1F)c1ncc(CBr)cc1C. The van der Waals surface area contributed by atoms with E-state index in [1.807, 2.05) is 31.0 Å². The van der Waals surface area contributed by atoms with Crippen LogP contribution in [0.2, 0.25) is 0 Å². The van der Waals surface area contributed by atoms with Crippen molar-refractivity contribution in [3.63, 3.8) is 0 Å². The first kappa shape index (κ1) is 14.0. The lowest BCUT2D eigenvalue weighted by molar-refractivity contribution is 0.625. The summed E-state index contributed by atoms with van der Waals surface area (Å²) >= 11 is 3.41. The number of nitrogens with zero attached hydrogens (tertiary/aromatic N) is 2. The third kappa shape index (κ3) is 2.95. The van der Waals surface area contributed by atoms with Gasteiger partial charge in [0.25, 0.3) is 0 Å². The maximum Gasteiger partial charge on any atom is 0.146 e. The average Bonchev–Trinajstić information content (AvgIpc) is 2.43. The number of para-hydroxylation sites is 1. The zero-order valence-electron chi connectivity index (χ0n) is 11.0. The van der Waals surface area contributed by atoms with E-state index in [0.717, 1.165) is 22.3 Å². The minimum atomic E-state index is -0.227. The van der Waals surface area contributed by atoms with Gasteiger partial charge in [-0.2, -0.15) is 0 Å². The highest BCUT2D eigenvalue weighted by Gasteiger charge is 2.14. The smallest absolute Gasteiger partial charge is 0.146 e. The van der Waals surface area contributed by atoms with Gasteiger partial charge in [0.1, 0.15) is 11.6 Å². The van der Waals surface area contributed by atoms with Crippen LogP contribution in [0, 0.1) is 12.7 Å². The van der Waals surface area contributed by atoms with E-state index in [1.165, 1.54) is 6.07 Å². The summed E-state index contributed by atoms with van der Waals surface area (Å²) in [5.41, 5.74) is 2.72.